The molecule has 5 nitrogen and oxygen atoms in total. The summed E-state index contributed by atoms with van der Waals surface area (Å²) in [4.78, 5) is 14.0. The summed E-state index contributed by atoms with van der Waals surface area (Å²) in [7, 11) is 0. The quantitative estimate of drug-likeness (QED) is 0.858. The van der Waals surface area contributed by atoms with E-state index in [4.69, 9.17) is 9.47 Å². The van der Waals surface area contributed by atoms with Gasteiger partial charge in [-0.05, 0) is 19.1 Å². The number of hydrogen-bond donors (Lipinski definition) is 1. The van der Waals surface area contributed by atoms with Crippen molar-refractivity contribution in [3.05, 3.63) is 18.2 Å². The van der Waals surface area contributed by atoms with E-state index in [0.717, 1.165) is 23.7 Å². The molecule has 3 rings (SSSR count). The van der Waals surface area contributed by atoms with Gasteiger partial charge in [-0.15, -0.1) is 11.8 Å². The van der Waals surface area contributed by atoms with Crippen molar-refractivity contribution in [1.82, 2.24) is 4.90 Å². The van der Waals surface area contributed by atoms with Crippen LogP contribution in [0.4, 0.5) is 10.5 Å². The number of fused-ring (bicyclic) bond motifs is 1. The molecule has 1 aromatic carbocycles. The monoisotopic (exact) mass is 280 g/mol. The maximum absolute atomic E-state index is 12.1. The Labute approximate surface area is 116 Å². The Balaban J connectivity index is 1.71. The van der Waals surface area contributed by atoms with Crippen LogP contribution >= 0.6 is 11.8 Å². The van der Waals surface area contributed by atoms with Gasteiger partial charge in [-0.1, -0.05) is 0 Å². The van der Waals surface area contributed by atoms with E-state index in [1.807, 2.05) is 24.0 Å². The van der Waals surface area contributed by atoms with E-state index in [1.165, 1.54) is 0 Å². The summed E-state index contributed by atoms with van der Waals surface area (Å²) in [5.74, 6) is 2.41. The summed E-state index contributed by atoms with van der Waals surface area (Å²) in [5.41, 5.74) is 0.735. The van der Waals surface area contributed by atoms with Gasteiger partial charge in [0.25, 0.3) is 0 Å². The number of carbonyl (C=O) groups is 1. The number of urea groups is 1. The zero-order valence-corrected chi connectivity index (χ0v) is 11.5. The third-order valence-electron chi connectivity index (χ3n) is 3.18. The maximum Gasteiger partial charge on any atom is 0.322 e. The molecule has 2 heterocycles. The molecule has 102 valence electrons. The van der Waals surface area contributed by atoms with Crippen molar-refractivity contribution in [2.45, 2.75) is 12.3 Å². The zero-order valence-electron chi connectivity index (χ0n) is 10.7. The SMILES string of the molecule is CC1SCCN1C(=O)Nc1ccc2c(c1)OCCO2. The molecule has 1 atom stereocenters. The Kier molecular flexibility index (Phi) is 3.42. The maximum atomic E-state index is 12.1. The Morgan fingerprint density at radius 1 is 1.37 bits per heavy atom. The first kappa shape index (κ1) is 12.5. The van der Waals surface area contributed by atoms with Crippen LogP contribution in [0.5, 0.6) is 11.5 Å². The van der Waals surface area contributed by atoms with Crippen molar-refractivity contribution in [2.24, 2.45) is 0 Å². The van der Waals surface area contributed by atoms with E-state index in [2.05, 4.69) is 5.32 Å². The summed E-state index contributed by atoms with van der Waals surface area (Å²) in [6, 6.07) is 5.40. The molecule has 2 aliphatic heterocycles. The fourth-order valence-electron chi connectivity index (χ4n) is 2.18. The second kappa shape index (κ2) is 5.21. The fraction of sp³-hybridized carbons (Fsp3) is 0.462. The normalized spacial score (nSPS) is 21.3. The van der Waals surface area contributed by atoms with Gasteiger partial charge in [0.1, 0.15) is 13.2 Å². The molecule has 6 heteroatoms. The number of benzene rings is 1. The van der Waals surface area contributed by atoms with Gasteiger partial charge in [0.05, 0.1) is 5.37 Å². The number of thioether (sulfide) groups is 1. The summed E-state index contributed by atoms with van der Waals surface area (Å²) in [6.07, 6.45) is 0. The molecule has 0 aromatic heterocycles. The summed E-state index contributed by atoms with van der Waals surface area (Å²) >= 11 is 1.79. The molecule has 1 N–H and O–H groups in total. The average Bonchev–Trinajstić information content (AvgIpc) is 2.85. The highest BCUT2D eigenvalue weighted by atomic mass is 32.2. The molecule has 1 aromatic rings. The minimum atomic E-state index is -0.0609. The third kappa shape index (κ3) is 2.58. The summed E-state index contributed by atoms with van der Waals surface area (Å²) in [5, 5.41) is 3.14. The highest BCUT2D eigenvalue weighted by Gasteiger charge is 2.25. The van der Waals surface area contributed by atoms with E-state index >= 15 is 0 Å². The van der Waals surface area contributed by atoms with Gasteiger partial charge in [0.15, 0.2) is 11.5 Å². The highest BCUT2D eigenvalue weighted by Crippen LogP contribution is 2.33. The van der Waals surface area contributed by atoms with E-state index in [-0.39, 0.29) is 11.4 Å². The van der Waals surface area contributed by atoms with Crippen molar-refractivity contribution >= 4 is 23.5 Å². The number of amides is 2. The van der Waals surface area contributed by atoms with Crippen LogP contribution in [0.3, 0.4) is 0 Å². The van der Waals surface area contributed by atoms with Gasteiger partial charge in [0, 0.05) is 24.1 Å². The van der Waals surface area contributed by atoms with Crippen molar-refractivity contribution in [1.29, 1.82) is 0 Å². The Morgan fingerprint density at radius 2 is 2.16 bits per heavy atom. The van der Waals surface area contributed by atoms with E-state index < -0.39 is 0 Å². The van der Waals surface area contributed by atoms with E-state index in [1.54, 1.807) is 17.8 Å². The van der Waals surface area contributed by atoms with Gasteiger partial charge in [-0.3, -0.25) is 0 Å². The van der Waals surface area contributed by atoms with Gasteiger partial charge in [-0.25, -0.2) is 4.79 Å². The highest BCUT2D eigenvalue weighted by molar-refractivity contribution is 8.00. The Bertz CT molecular complexity index is 495. The first-order chi connectivity index (χ1) is 9.24. The largest absolute Gasteiger partial charge is 0.486 e. The molecule has 19 heavy (non-hydrogen) atoms. The van der Waals surface area contributed by atoms with Crippen LogP contribution in [0.1, 0.15) is 6.92 Å². The standard InChI is InChI=1S/C13H16N2O3S/c1-9-15(4-7-19-9)13(16)14-10-2-3-11-12(8-10)18-6-5-17-11/h2-3,8-9H,4-7H2,1H3,(H,14,16). The molecule has 1 unspecified atom stereocenters. The predicted octanol–water partition coefficient (Wildman–Crippen LogP) is 2.38. The summed E-state index contributed by atoms with van der Waals surface area (Å²) in [6.45, 7) is 3.95. The number of ether oxygens (including phenoxy) is 2. The minimum Gasteiger partial charge on any atom is -0.486 e. The van der Waals surface area contributed by atoms with Crippen molar-refractivity contribution in [2.75, 3.05) is 30.8 Å². The molecule has 2 aliphatic rings. The van der Waals surface area contributed by atoms with Crippen molar-refractivity contribution < 1.29 is 14.3 Å². The van der Waals surface area contributed by atoms with Crippen molar-refractivity contribution in [3.63, 3.8) is 0 Å². The average molecular weight is 280 g/mol. The summed E-state index contributed by atoms with van der Waals surface area (Å²) < 4.78 is 10.9. The molecule has 0 aliphatic carbocycles. The molecule has 0 radical (unpaired) electrons. The predicted molar refractivity (Wildman–Crippen MR) is 75.1 cm³/mol. The van der Waals surface area contributed by atoms with Crippen LogP contribution < -0.4 is 14.8 Å². The van der Waals surface area contributed by atoms with Gasteiger partial charge >= 0.3 is 6.03 Å². The van der Waals surface area contributed by atoms with E-state index in [0.29, 0.717) is 19.0 Å². The third-order valence-corrected chi connectivity index (χ3v) is 4.34. The topological polar surface area (TPSA) is 50.8 Å². The number of carbonyl (C=O) groups excluding carboxylic acids is 1. The van der Waals surface area contributed by atoms with Gasteiger partial charge < -0.3 is 19.7 Å². The van der Waals surface area contributed by atoms with Gasteiger partial charge in [-0.2, -0.15) is 0 Å². The lowest BCUT2D eigenvalue weighted by molar-refractivity contribution is 0.171. The second-order valence-corrected chi connectivity index (χ2v) is 5.88. The molecule has 2 amide bonds. The van der Waals surface area contributed by atoms with Crippen LogP contribution in [0.2, 0.25) is 0 Å². The van der Waals surface area contributed by atoms with E-state index in [9.17, 15) is 4.79 Å². The molecular formula is C13H16N2O3S. The minimum absolute atomic E-state index is 0.0609. The molecule has 1 fully saturated rings. The smallest absolute Gasteiger partial charge is 0.322 e. The van der Waals surface area contributed by atoms with Crippen LogP contribution in [0.15, 0.2) is 18.2 Å². The van der Waals surface area contributed by atoms with Crippen LogP contribution in [0.25, 0.3) is 0 Å². The molecule has 0 bridgehead atoms. The molecule has 0 spiro atoms. The molecule has 1 saturated heterocycles. The lowest BCUT2D eigenvalue weighted by atomic mass is 10.2. The van der Waals surface area contributed by atoms with Crippen LogP contribution in [0, 0.1) is 0 Å². The van der Waals surface area contributed by atoms with Crippen LogP contribution in [-0.2, 0) is 0 Å². The Hall–Kier alpha value is -1.56. The number of nitrogens with zero attached hydrogens (tertiary/aromatic N) is 1. The van der Waals surface area contributed by atoms with Gasteiger partial charge in [0.2, 0.25) is 0 Å². The number of hydrogen-bond acceptors (Lipinski definition) is 4. The first-order valence-corrected chi connectivity index (χ1v) is 7.38. The Morgan fingerprint density at radius 3 is 2.89 bits per heavy atom. The number of nitrogens with one attached hydrogen (secondary N) is 1. The molecular weight excluding hydrogens is 264 g/mol. The zero-order chi connectivity index (χ0) is 13.2. The number of rotatable bonds is 1. The molecule has 0 saturated carbocycles. The lowest BCUT2D eigenvalue weighted by Crippen LogP contribution is -2.36. The first-order valence-electron chi connectivity index (χ1n) is 6.33. The van der Waals surface area contributed by atoms with Crippen molar-refractivity contribution in [3.8, 4) is 11.5 Å². The lowest BCUT2D eigenvalue weighted by Gasteiger charge is -2.22. The van der Waals surface area contributed by atoms with Crippen LogP contribution in [-0.4, -0.2) is 41.8 Å². The second-order valence-electron chi connectivity index (χ2n) is 4.45. The fourth-order valence-corrected chi connectivity index (χ4v) is 3.20. The number of anilines is 1.